The Balaban J connectivity index is 1.36. The van der Waals surface area contributed by atoms with E-state index in [1.165, 1.54) is 22.0 Å². The van der Waals surface area contributed by atoms with Gasteiger partial charge >= 0.3 is 0 Å². The second-order valence-electron chi connectivity index (χ2n) is 7.23. The highest BCUT2D eigenvalue weighted by molar-refractivity contribution is 7.98. The Hall–Kier alpha value is -3.33. The molecule has 2 N–H and O–H groups in total. The summed E-state index contributed by atoms with van der Waals surface area (Å²) in [5.41, 5.74) is 4.47. The summed E-state index contributed by atoms with van der Waals surface area (Å²) in [4.78, 5) is 4.46. The van der Waals surface area contributed by atoms with Crippen molar-refractivity contribution < 1.29 is 9.26 Å². The second kappa shape index (κ2) is 9.22. The fraction of sp³-hybridized carbons (Fsp3) is 0.273. The zero-order valence-corrected chi connectivity index (χ0v) is 18.5. The van der Waals surface area contributed by atoms with Gasteiger partial charge < -0.3 is 15.1 Å². The molecule has 0 spiro atoms. The van der Waals surface area contributed by atoms with Gasteiger partial charge in [-0.2, -0.15) is 4.98 Å². The number of nitrogens with two attached hydrogens (primary N) is 1. The van der Waals surface area contributed by atoms with Crippen LogP contribution in [0, 0.1) is 13.8 Å². The monoisotopic (exact) mass is 436 g/mol. The van der Waals surface area contributed by atoms with Crippen LogP contribution in [0.1, 0.15) is 35.3 Å². The van der Waals surface area contributed by atoms with E-state index in [9.17, 15) is 0 Å². The SMILES string of the molecule is CCc1ccc(-c2noc(CSc3nnc(COc4cc(C)cc(C)c4)n3N)n2)cc1. The maximum atomic E-state index is 6.14. The molecule has 9 heteroatoms. The lowest BCUT2D eigenvalue weighted by molar-refractivity contribution is 0.291. The smallest absolute Gasteiger partial charge is 0.237 e. The highest BCUT2D eigenvalue weighted by atomic mass is 32.2. The number of hydrogen-bond acceptors (Lipinski definition) is 8. The second-order valence-corrected chi connectivity index (χ2v) is 8.17. The predicted molar refractivity (Wildman–Crippen MR) is 119 cm³/mol. The molecule has 4 aromatic rings. The number of aryl methyl sites for hydroxylation is 3. The lowest BCUT2D eigenvalue weighted by Gasteiger charge is -2.08. The van der Waals surface area contributed by atoms with Crippen LogP contribution >= 0.6 is 11.8 Å². The minimum absolute atomic E-state index is 0.228. The van der Waals surface area contributed by atoms with Crippen molar-refractivity contribution in [3.8, 4) is 17.1 Å². The third kappa shape index (κ3) is 5.05. The first-order valence-electron chi connectivity index (χ1n) is 9.97. The molecule has 0 aliphatic heterocycles. The summed E-state index contributed by atoms with van der Waals surface area (Å²) in [7, 11) is 0. The highest BCUT2D eigenvalue weighted by Crippen LogP contribution is 2.23. The van der Waals surface area contributed by atoms with E-state index >= 15 is 0 Å². The van der Waals surface area contributed by atoms with Crippen molar-refractivity contribution in [2.75, 3.05) is 5.84 Å². The summed E-state index contributed by atoms with van der Waals surface area (Å²) in [6.07, 6.45) is 0.992. The van der Waals surface area contributed by atoms with Crippen LogP contribution in [-0.2, 0) is 18.8 Å². The van der Waals surface area contributed by atoms with Crippen molar-refractivity contribution in [3.63, 3.8) is 0 Å². The van der Waals surface area contributed by atoms with Crippen molar-refractivity contribution in [1.82, 2.24) is 25.0 Å². The number of hydrogen-bond donors (Lipinski definition) is 1. The Kier molecular flexibility index (Phi) is 6.22. The van der Waals surface area contributed by atoms with Crippen LogP contribution in [0.3, 0.4) is 0 Å². The van der Waals surface area contributed by atoms with E-state index in [0.717, 1.165) is 28.9 Å². The summed E-state index contributed by atoms with van der Waals surface area (Å²) in [5, 5.41) is 12.9. The predicted octanol–water partition coefficient (Wildman–Crippen LogP) is 4.09. The Labute approximate surface area is 184 Å². The molecule has 160 valence electrons. The van der Waals surface area contributed by atoms with E-state index in [4.69, 9.17) is 15.1 Å². The molecule has 4 rings (SSSR count). The highest BCUT2D eigenvalue weighted by Gasteiger charge is 2.14. The summed E-state index contributed by atoms with van der Waals surface area (Å²) in [6.45, 7) is 6.41. The molecule has 2 aromatic carbocycles. The largest absolute Gasteiger partial charge is 0.486 e. The van der Waals surface area contributed by atoms with Crippen LogP contribution in [0.15, 0.2) is 52.1 Å². The molecule has 0 aliphatic carbocycles. The van der Waals surface area contributed by atoms with Crippen LogP contribution in [0.5, 0.6) is 5.75 Å². The molecule has 0 atom stereocenters. The zero-order valence-electron chi connectivity index (χ0n) is 17.7. The van der Waals surface area contributed by atoms with Gasteiger partial charge in [0.2, 0.25) is 16.9 Å². The maximum Gasteiger partial charge on any atom is 0.237 e. The number of ether oxygens (including phenoxy) is 1. The van der Waals surface area contributed by atoms with E-state index in [-0.39, 0.29) is 6.61 Å². The van der Waals surface area contributed by atoms with E-state index in [1.54, 1.807) is 0 Å². The Morgan fingerprint density at radius 2 is 1.81 bits per heavy atom. The van der Waals surface area contributed by atoms with Gasteiger partial charge in [-0.25, -0.2) is 4.68 Å². The number of nitrogens with zero attached hydrogens (tertiary/aromatic N) is 5. The van der Waals surface area contributed by atoms with E-state index in [2.05, 4.69) is 45.5 Å². The third-order valence-electron chi connectivity index (χ3n) is 4.71. The van der Waals surface area contributed by atoms with Gasteiger partial charge in [0.15, 0.2) is 5.82 Å². The van der Waals surface area contributed by atoms with Crippen molar-refractivity contribution in [2.45, 2.75) is 44.7 Å². The molecule has 31 heavy (non-hydrogen) atoms. The first-order valence-corrected chi connectivity index (χ1v) is 11.0. The Bertz CT molecular complexity index is 1150. The van der Waals surface area contributed by atoms with E-state index < -0.39 is 0 Å². The summed E-state index contributed by atoms with van der Waals surface area (Å²) < 4.78 is 12.6. The molecule has 0 aliphatic rings. The van der Waals surface area contributed by atoms with Crippen LogP contribution in [0.25, 0.3) is 11.4 Å². The first-order chi connectivity index (χ1) is 15.0. The Morgan fingerprint density at radius 3 is 2.52 bits per heavy atom. The summed E-state index contributed by atoms with van der Waals surface area (Å²) in [6, 6.07) is 14.2. The average Bonchev–Trinajstić information content (AvgIpc) is 3.37. The van der Waals surface area contributed by atoms with E-state index in [1.807, 2.05) is 38.1 Å². The summed E-state index contributed by atoms with van der Waals surface area (Å²) in [5.74, 6) is 8.95. The van der Waals surface area contributed by atoms with Crippen LogP contribution < -0.4 is 10.6 Å². The number of benzene rings is 2. The minimum atomic E-state index is 0.228. The number of thioether (sulfide) groups is 1. The Morgan fingerprint density at radius 1 is 1.06 bits per heavy atom. The molecule has 2 heterocycles. The van der Waals surface area contributed by atoms with Gasteiger partial charge in [-0.15, -0.1) is 10.2 Å². The van der Waals surface area contributed by atoms with Gasteiger partial charge in [0.1, 0.15) is 12.4 Å². The van der Waals surface area contributed by atoms with Crippen LogP contribution in [0.2, 0.25) is 0 Å². The molecule has 0 radical (unpaired) electrons. The standard InChI is InChI=1S/C22H24N6O2S/c1-4-16-5-7-17(8-6-16)21-24-20(30-27-21)13-31-22-26-25-19(28(22)23)12-29-18-10-14(2)9-15(3)11-18/h5-11H,4,12-13,23H2,1-3H3. The van der Waals surface area contributed by atoms with Crippen molar-refractivity contribution >= 4 is 11.8 Å². The number of rotatable bonds is 8. The van der Waals surface area contributed by atoms with Gasteiger partial charge in [-0.05, 0) is 49.1 Å². The zero-order chi connectivity index (χ0) is 21.8. The van der Waals surface area contributed by atoms with Crippen molar-refractivity contribution in [1.29, 1.82) is 0 Å². The summed E-state index contributed by atoms with van der Waals surface area (Å²) >= 11 is 1.37. The van der Waals surface area contributed by atoms with Gasteiger partial charge in [0, 0.05) is 5.56 Å². The quantitative estimate of drug-likeness (QED) is 0.325. The maximum absolute atomic E-state index is 6.14. The first kappa shape index (κ1) is 20.9. The molecule has 0 saturated heterocycles. The third-order valence-corrected chi connectivity index (χ3v) is 5.64. The molecule has 0 fully saturated rings. The molecular formula is C22H24N6O2S. The van der Waals surface area contributed by atoms with Gasteiger partial charge in [-0.1, -0.05) is 54.2 Å². The molecule has 2 aromatic heterocycles. The van der Waals surface area contributed by atoms with Crippen LogP contribution in [-0.4, -0.2) is 25.0 Å². The number of nitrogen functional groups attached to an aromatic ring is 1. The van der Waals surface area contributed by atoms with Gasteiger partial charge in [0.25, 0.3) is 0 Å². The molecular weight excluding hydrogens is 412 g/mol. The molecule has 8 nitrogen and oxygen atoms in total. The minimum Gasteiger partial charge on any atom is -0.486 e. The fourth-order valence-electron chi connectivity index (χ4n) is 3.11. The lowest BCUT2D eigenvalue weighted by atomic mass is 10.1. The normalized spacial score (nSPS) is 11.1. The fourth-order valence-corrected chi connectivity index (χ4v) is 3.83. The van der Waals surface area contributed by atoms with E-state index in [0.29, 0.717) is 28.4 Å². The number of aromatic nitrogens is 5. The lowest BCUT2D eigenvalue weighted by Crippen LogP contribution is -2.15. The molecule has 0 amide bonds. The average molecular weight is 437 g/mol. The molecule has 0 bridgehead atoms. The van der Waals surface area contributed by atoms with Gasteiger partial charge in [0.05, 0.1) is 5.75 Å². The van der Waals surface area contributed by atoms with Crippen molar-refractivity contribution in [2.24, 2.45) is 0 Å². The molecule has 0 saturated carbocycles. The molecule has 0 unspecified atom stereocenters. The van der Waals surface area contributed by atoms with Crippen molar-refractivity contribution in [3.05, 3.63) is 70.9 Å². The van der Waals surface area contributed by atoms with Gasteiger partial charge in [-0.3, -0.25) is 0 Å². The van der Waals surface area contributed by atoms with Crippen LogP contribution in [0.4, 0.5) is 0 Å². The topological polar surface area (TPSA) is 105 Å².